The number of ether oxygens (including phenoxy) is 1. The number of benzene rings is 1. The first-order valence-electron chi connectivity index (χ1n) is 7.00. The molecule has 0 aromatic heterocycles. The molecular formula is C16H27NO. The molecule has 1 rings (SSSR count). The number of nitrogens with one attached hydrogen (secondary N) is 1. The average Bonchev–Trinajstić information content (AvgIpc) is 2.40. The number of methoxy groups -OCH3 is 1. The van der Waals surface area contributed by atoms with E-state index in [2.05, 4.69) is 56.4 Å². The van der Waals surface area contributed by atoms with Gasteiger partial charge < -0.3 is 10.1 Å². The highest BCUT2D eigenvalue weighted by atomic mass is 16.5. The van der Waals surface area contributed by atoms with E-state index in [-0.39, 0.29) is 0 Å². The Morgan fingerprint density at radius 3 is 2.39 bits per heavy atom. The summed E-state index contributed by atoms with van der Waals surface area (Å²) in [5.41, 5.74) is 1.38. The fourth-order valence-electron chi connectivity index (χ4n) is 2.36. The van der Waals surface area contributed by atoms with Crippen molar-refractivity contribution in [2.75, 3.05) is 13.7 Å². The SMILES string of the molecule is CCCNC(c1ccccc1)C(C)CC(C)OC. The third-order valence-corrected chi connectivity index (χ3v) is 3.45. The second-order valence-electron chi connectivity index (χ2n) is 5.10. The van der Waals surface area contributed by atoms with Gasteiger partial charge >= 0.3 is 0 Å². The van der Waals surface area contributed by atoms with Crippen LogP contribution in [0.5, 0.6) is 0 Å². The standard InChI is InChI=1S/C16H27NO/c1-5-11-17-16(13(2)12-14(3)18-4)15-9-7-6-8-10-15/h6-10,13-14,16-17H,5,11-12H2,1-4H3. The highest BCUT2D eigenvalue weighted by Crippen LogP contribution is 2.26. The Kier molecular flexibility index (Phi) is 6.99. The molecule has 0 fully saturated rings. The van der Waals surface area contributed by atoms with Crippen molar-refractivity contribution in [2.24, 2.45) is 5.92 Å². The monoisotopic (exact) mass is 249 g/mol. The molecule has 0 aliphatic rings. The molecule has 18 heavy (non-hydrogen) atoms. The van der Waals surface area contributed by atoms with Crippen molar-refractivity contribution in [1.82, 2.24) is 5.32 Å². The fraction of sp³-hybridized carbons (Fsp3) is 0.625. The number of rotatable bonds is 8. The van der Waals surface area contributed by atoms with Gasteiger partial charge in [-0.2, -0.15) is 0 Å². The summed E-state index contributed by atoms with van der Waals surface area (Å²) in [7, 11) is 1.79. The van der Waals surface area contributed by atoms with Gasteiger partial charge in [0.25, 0.3) is 0 Å². The Hall–Kier alpha value is -0.860. The molecule has 1 aromatic carbocycles. The molecule has 2 heteroatoms. The van der Waals surface area contributed by atoms with E-state index in [1.54, 1.807) is 7.11 Å². The molecule has 0 spiro atoms. The summed E-state index contributed by atoms with van der Waals surface area (Å²) in [5, 5.41) is 3.66. The van der Waals surface area contributed by atoms with E-state index >= 15 is 0 Å². The van der Waals surface area contributed by atoms with E-state index in [0.717, 1.165) is 19.4 Å². The molecule has 0 heterocycles. The first-order chi connectivity index (χ1) is 8.69. The molecule has 0 aliphatic carbocycles. The van der Waals surface area contributed by atoms with Crippen LogP contribution in [-0.4, -0.2) is 19.8 Å². The van der Waals surface area contributed by atoms with E-state index in [1.807, 2.05) is 0 Å². The van der Waals surface area contributed by atoms with Crippen LogP contribution in [0.1, 0.15) is 45.2 Å². The zero-order chi connectivity index (χ0) is 13.4. The van der Waals surface area contributed by atoms with Crippen LogP contribution in [0.15, 0.2) is 30.3 Å². The third kappa shape index (κ3) is 4.79. The van der Waals surface area contributed by atoms with Gasteiger partial charge in [-0.3, -0.25) is 0 Å². The molecule has 1 N–H and O–H groups in total. The van der Waals surface area contributed by atoms with Crippen molar-refractivity contribution in [3.8, 4) is 0 Å². The van der Waals surface area contributed by atoms with Crippen molar-refractivity contribution >= 4 is 0 Å². The largest absolute Gasteiger partial charge is 0.382 e. The molecule has 0 radical (unpaired) electrons. The minimum absolute atomic E-state index is 0.314. The summed E-state index contributed by atoms with van der Waals surface area (Å²) >= 11 is 0. The molecule has 0 amide bonds. The molecule has 0 saturated carbocycles. The van der Waals surface area contributed by atoms with E-state index in [4.69, 9.17) is 4.74 Å². The number of hydrogen-bond acceptors (Lipinski definition) is 2. The van der Waals surface area contributed by atoms with Gasteiger partial charge in [0.1, 0.15) is 0 Å². The third-order valence-electron chi connectivity index (χ3n) is 3.45. The summed E-state index contributed by atoms with van der Waals surface area (Å²) in [4.78, 5) is 0. The van der Waals surface area contributed by atoms with Gasteiger partial charge in [-0.15, -0.1) is 0 Å². The quantitative estimate of drug-likeness (QED) is 0.757. The Labute approximate surface area is 112 Å². The molecule has 1 aromatic rings. The van der Waals surface area contributed by atoms with E-state index in [1.165, 1.54) is 5.56 Å². The predicted octanol–water partition coefficient (Wildman–Crippen LogP) is 3.79. The zero-order valence-corrected chi connectivity index (χ0v) is 12.1. The minimum Gasteiger partial charge on any atom is -0.382 e. The molecule has 0 aliphatic heterocycles. The maximum Gasteiger partial charge on any atom is 0.0546 e. The lowest BCUT2D eigenvalue weighted by Crippen LogP contribution is -2.29. The van der Waals surface area contributed by atoms with Crippen LogP contribution < -0.4 is 5.32 Å². The molecule has 3 atom stereocenters. The highest BCUT2D eigenvalue weighted by molar-refractivity contribution is 5.19. The molecular weight excluding hydrogens is 222 g/mol. The number of hydrogen-bond donors (Lipinski definition) is 1. The normalized spacial score (nSPS) is 16.2. The van der Waals surface area contributed by atoms with Crippen LogP contribution in [0, 0.1) is 5.92 Å². The Bertz CT molecular complexity index is 312. The minimum atomic E-state index is 0.314. The van der Waals surface area contributed by atoms with Crippen molar-refractivity contribution in [2.45, 2.75) is 45.8 Å². The fourth-order valence-corrected chi connectivity index (χ4v) is 2.36. The first kappa shape index (κ1) is 15.2. The molecule has 0 bridgehead atoms. The van der Waals surface area contributed by atoms with Gasteiger partial charge in [-0.1, -0.05) is 44.2 Å². The summed E-state index contributed by atoms with van der Waals surface area (Å²) in [6.07, 6.45) is 2.55. The van der Waals surface area contributed by atoms with Gasteiger partial charge in [0.2, 0.25) is 0 Å². The summed E-state index contributed by atoms with van der Waals surface area (Å²) in [6.45, 7) is 7.71. The van der Waals surface area contributed by atoms with Gasteiger partial charge in [0, 0.05) is 13.2 Å². The lowest BCUT2D eigenvalue weighted by atomic mass is 9.90. The van der Waals surface area contributed by atoms with Gasteiger partial charge in [-0.05, 0) is 37.8 Å². The van der Waals surface area contributed by atoms with Crippen LogP contribution in [0.3, 0.4) is 0 Å². The first-order valence-corrected chi connectivity index (χ1v) is 7.00. The average molecular weight is 249 g/mol. The van der Waals surface area contributed by atoms with Crippen molar-refractivity contribution < 1.29 is 4.74 Å². The molecule has 102 valence electrons. The van der Waals surface area contributed by atoms with E-state index < -0.39 is 0 Å². The summed E-state index contributed by atoms with van der Waals surface area (Å²) in [6, 6.07) is 11.1. The second kappa shape index (κ2) is 8.28. The molecule has 3 unspecified atom stereocenters. The summed E-state index contributed by atoms with van der Waals surface area (Å²) < 4.78 is 5.38. The van der Waals surface area contributed by atoms with Crippen molar-refractivity contribution in [1.29, 1.82) is 0 Å². The highest BCUT2D eigenvalue weighted by Gasteiger charge is 2.20. The van der Waals surface area contributed by atoms with E-state index in [9.17, 15) is 0 Å². The maximum atomic E-state index is 5.38. The van der Waals surface area contributed by atoms with Crippen LogP contribution in [0.25, 0.3) is 0 Å². The van der Waals surface area contributed by atoms with Gasteiger partial charge in [0.15, 0.2) is 0 Å². The smallest absolute Gasteiger partial charge is 0.0546 e. The van der Waals surface area contributed by atoms with Crippen molar-refractivity contribution in [3.05, 3.63) is 35.9 Å². The van der Waals surface area contributed by atoms with Gasteiger partial charge in [0.05, 0.1) is 6.10 Å². The summed E-state index contributed by atoms with van der Waals surface area (Å²) in [5.74, 6) is 0.564. The predicted molar refractivity (Wildman–Crippen MR) is 77.7 cm³/mol. The Morgan fingerprint density at radius 1 is 1.17 bits per heavy atom. The Balaban J connectivity index is 2.71. The molecule has 0 saturated heterocycles. The van der Waals surface area contributed by atoms with Crippen LogP contribution in [-0.2, 0) is 4.74 Å². The Morgan fingerprint density at radius 2 is 1.83 bits per heavy atom. The topological polar surface area (TPSA) is 21.3 Å². The lowest BCUT2D eigenvalue weighted by molar-refractivity contribution is 0.0907. The van der Waals surface area contributed by atoms with Crippen LogP contribution in [0.4, 0.5) is 0 Å². The second-order valence-corrected chi connectivity index (χ2v) is 5.10. The molecule has 2 nitrogen and oxygen atoms in total. The van der Waals surface area contributed by atoms with Gasteiger partial charge in [-0.25, -0.2) is 0 Å². The van der Waals surface area contributed by atoms with Crippen molar-refractivity contribution in [3.63, 3.8) is 0 Å². The maximum absolute atomic E-state index is 5.38. The van der Waals surface area contributed by atoms with E-state index in [0.29, 0.717) is 18.1 Å². The lowest BCUT2D eigenvalue weighted by Gasteiger charge is -2.27. The van der Waals surface area contributed by atoms with Crippen LogP contribution in [0.2, 0.25) is 0 Å². The zero-order valence-electron chi connectivity index (χ0n) is 12.1. The van der Waals surface area contributed by atoms with Crippen LogP contribution >= 0.6 is 0 Å².